The maximum absolute atomic E-state index is 10.5. The number of nitriles is 2. The second kappa shape index (κ2) is 11.5. The van der Waals surface area contributed by atoms with Gasteiger partial charge in [-0.3, -0.25) is 0 Å². The molecule has 1 aliphatic carbocycles. The number of carbonyl (C=O) groups is 1. The molecule has 0 aliphatic heterocycles. The number of hydrogen-bond acceptors (Lipinski definition) is 4. The van der Waals surface area contributed by atoms with Crippen LogP contribution in [0.4, 0.5) is 0 Å². The van der Waals surface area contributed by atoms with Gasteiger partial charge in [-0.2, -0.15) is 10.5 Å². The van der Waals surface area contributed by atoms with Crippen LogP contribution >= 0.6 is 0 Å². The Hall–Kier alpha value is -3.89. The van der Waals surface area contributed by atoms with Crippen molar-refractivity contribution in [3.63, 3.8) is 0 Å². The first kappa shape index (κ1) is 24.2. The van der Waals surface area contributed by atoms with Gasteiger partial charge in [-0.25, -0.2) is 0 Å². The van der Waals surface area contributed by atoms with Gasteiger partial charge in [-0.15, -0.1) is 0 Å². The van der Waals surface area contributed by atoms with Gasteiger partial charge in [-0.05, 0) is 95.7 Å². The molecule has 0 atom stereocenters. The number of nitrogens with zero attached hydrogens (tertiary/aromatic N) is 2. The standard InChI is InChI=1S/C31H30N2O2/c1-2-9-23-18-25(35-17-8-4-3-7-16-34)13-15-26(23)29-19-24(20-32)30(21-33)28-14-12-22-10-5-6-11-27(22)31(28)29/h5-6,10-11,13,15-16,18-19H,2-4,7-9,12,14,17H2,1H3. The SMILES string of the molecule is CCCc1cc(OCCCCCC=O)ccc1-c1cc(C#N)c(C#N)c2c1-c1ccccc1CC2. The lowest BCUT2D eigenvalue weighted by atomic mass is 9.77. The molecule has 3 aromatic rings. The van der Waals surface area contributed by atoms with Crippen LogP contribution in [0.25, 0.3) is 22.3 Å². The minimum atomic E-state index is 0.443. The van der Waals surface area contributed by atoms with Crippen LogP contribution in [-0.2, 0) is 24.1 Å². The van der Waals surface area contributed by atoms with Crippen molar-refractivity contribution >= 4 is 6.29 Å². The van der Waals surface area contributed by atoms with Crippen molar-refractivity contribution in [3.8, 4) is 40.1 Å². The minimum absolute atomic E-state index is 0.443. The lowest BCUT2D eigenvalue weighted by molar-refractivity contribution is -0.107. The number of ether oxygens (including phenoxy) is 1. The van der Waals surface area contributed by atoms with Crippen LogP contribution in [0.5, 0.6) is 5.75 Å². The summed E-state index contributed by atoms with van der Waals surface area (Å²) in [4.78, 5) is 10.5. The van der Waals surface area contributed by atoms with E-state index in [4.69, 9.17) is 4.74 Å². The van der Waals surface area contributed by atoms with Gasteiger partial charge in [0, 0.05) is 6.42 Å². The molecule has 0 amide bonds. The second-order valence-electron chi connectivity index (χ2n) is 9.01. The van der Waals surface area contributed by atoms with Crippen LogP contribution in [0, 0.1) is 22.7 Å². The summed E-state index contributed by atoms with van der Waals surface area (Å²) < 4.78 is 6.03. The fourth-order valence-corrected chi connectivity index (χ4v) is 5.06. The van der Waals surface area contributed by atoms with E-state index in [0.717, 1.165) is 84.8 Å². The van der Waals surface area contributed by atoms with Gasteiger partial charge in [0.25, 0.3) is 0 Å². The Morgan fingerprint density at radius 1 is 0.943 bits per heavy atom. The Kier molecular flexibility index (Phi) is 7.96. The molecule has 176 valence electrons. The number of fused-ring (bicyclic) bond motifs is 3. The quantitative estimate of drug-likeness (QED) is 0.241. The molecule has 35 heavy (non-hydrogen) atoms. The Morgan fingerprint density at radius 3 is 2.57 bits per heavy atom. The predicted octanol–water partition coefficient (Wildman–Crippen LogP) is 6.95. The molecule has 0 spiro atoms. The largest absolute Gasteiger partial charge is 0.494 e. The fourth-order valence-electron chi connectivity index (χ4n) is 5.06. The number of benzene rings is 3. The highest BCUT2D eigenvalue weighted by atomic mass is 16.5. The molecule has 4 nitrogen and oxygen atoms in total. The van der Waals surface area contributed by atoms with Crippen molar-refractivity contribution in [2.24, 2.45) is 0 Å². The third-order valence-electron chi connectivity index (χ3n) is 6.72. The summed E-state index contributed by atoms with van der Waals surface area (Å²) in [5.41, 5.74) is 8.76. The van der Waals surface area contributed by atoms with E-state index in [1.54, 1.807) is 0 Å². The highest BCUT2D eigenvalue weighted by Crippen LogP contribution is 2.44. The zero-order valence-corrected chi connectivity index (χ0v) is 20.3. The number of hydrogen-bond donors (Lipinski definition) is 0. The van der Waals surface area contributed by atoms with Crippen molar-refractivity contribution in [3.05, 3.63) is 76.3 Å². The van der Waals surface area contributed by atoms with Crippen molar-refractivity contribution in [1.29, 1.82) is 10.5 Å². The topological polar surface area (TPSA) is 73.9 Å². The van der Waals surface area contributed by atoms with Gasteiger partial charge in [-0.1, -0.05) is 43.7 Å². The van der Waals surface area contributed by atoms with Crippen LogP contribution in [0.1, 0.15) is 66.8 Å². The zero-order valence-electron chi connectivity index (χ0n) is 20.3. The van der Waals surface area contributed by atoms with Crippen LogP contribution < -0.4 is 4.74 Å². The van der Waals surface area contributed by atoms with Gasteiger partial charge >= 0.3 is 0 Å². The Bertz CT molecular complexity index is 1310. The molecule has 0 saturated heterocycles. The molecule has 3 aromatic carbocycles. The maximum atomic E-state index is 10.5. The van der Waals surface area contributed by atoms with E-state index in [-0.39, 0.29) is 0 Å². The third kappa shape index (κ3) is 5.13. The van der Waals surface area contributed by atoms with Gasteiger partial charge in [0.05, 0.1) is 17.7 Å². The van der Waals surface area contributed by atoms with Crippen LogP contribution in [-0.4, -0.2) is 12.9 Å². The highest BCUT2D eigenvalue weighted by molar-refractivity contribution is 5.92. The third-order valence-corrected chi connectivity index (χ3v) is 6.72. The maximum Gasteiger partial charge on any atom is 0.119 e. The summed E-state index contributed by atoms with van der Waals surface area (Å²) >= 11 is 0. The van der Waals surface area contributed by atoms with E-state index in [2.05, 4.69) is 49.4 Å². The Balaban J connectivity index is 1.78. The molecular formula is C31H30N2O2. The van der Waals surface area contributed by atoms with Gasteiger partial charge in [0.1, 0.15) is 24.2 Å². The van der Waals surface area contributed by atoms with E-state index in [0.29, 0.717) is 24.2 Å². The van der Waals surface area contributed by atoms with E-state index < -0.39 is 0 Å². The van der Waals surface area contributed by atoms with Gasteiger partial charge in [0.2, 0.25) is 0 Å². The highest BCUT2D eigenvalue weighted by Gasteiger charge is 2.26. The lowest BCUT2D eigenvalue weighted by Crippen LogP contribution is -2.09. The van der Waals surface area contributed by atoms with E-state index in [9.17, 15) is 15.3 Å². The molecule has 0 heterocycles. The van der Waals surface area contributed by atoms with Crippen LogP contribution in [0.3, 0.4) is 0 Å². The average molecular weight is 463 g/mol. The Labute approximate surface area is 207 Å². The van der Waals surface area contributed by atoms with E-state index in [1.807, 2.05) is 18.2 Å². The van der Waals surface area contributed by atoms with Gasteiger partial charge < -0.3 is 9.53 Å². The van der Waals surface area contributed by atoms with Crippen LogP contribution in [0.15, 0.2) is 48.5 Å². The molecular weight excluding hydrogens is 432 g/mol. The molecule has 0 aromatic heterocycles. The number of carbonyl (C=O) groups excluding carboxylic acids is 1. The molecule has 0 N–H and O–H groups in total. The Morgan fingerprint density at radius 2 is 1.80 bits per heavy atom. The predicted molar refractivity (Wildman–Crippen MR) is 138 cm³/mol. The first-order valence-corrected chi connectivity index (χ1v) is 12.5. The molecule has 1 aliphatic rings. The second-order valence-corrected chi connectivity index (χ2v) is 9.01. The number of unbranched alkanes of at least 4 members (excludes halogenated alkanes) is 3. The van der Waals surface area contributed by atoms with Crippen molar-refractivity contribution in [2.45, 2.75) is 58.3 Å². The summed E-state index contributed by atoms with van der Waals surface area (Å²) in [5.74, 6) is 0.844. The van der Waals surface area contributed by atoms with Gasteiger partial charge in [0.15, 0.2) is 0 Å². The van der Waals surface area contributed by atoms with E-state index in [1.165, 1.54) is 11.1 Å². The number of aldehydes is 1. The number of rotatable bonds is 10. The van der Waals surface area contributed by atoms with Crippen molar-refractivity contribution in [1.82, 2.24) is 0 Å². The first-order valence-electron chi connectivity index (χ1n) is 12.5. The molecule has 0 radical (unpaired) electrons. The van der Waals surface area contributed by atoms with Crippen LogP contribution in [0.2, 0.25) is 0 Å². The summed E-state index contributed by atoms with van der Waals surface area (Å²) in [6, 6.07) is 21.1. The monoisotopic (exact) mass is 462 g/mol. The molecule has 4 rings (SSSR count). The molecule has 0 bridgehead atoms. The smallest absolute Gasteiger partial charge is 0.119 e. The number of aryl methyl sites for hydroxylation is 2. The first-order chi connectivity index (χ1) is 17.2. The summed E-state index contributed by atoms with van der Waals surface area (Å²) in [7, 11) is 0. The summed E-state index contributed by atoms with van der Waals surface area (Å²) in [5, 5.41) is 19.8. The van der Waals surface area contributed by atoms with E-state index >= 15 is 0 Å². The minimum Gasteiger partial charge on any atom is -0.494 e. The molecule has 0 fully saturated rings. The normalized spacial score (nSPS) is 11.6. The average Bonchev–Trinajstić information content (AvgIpc) is 2.90. The molecule has 0 saturated carbocycles. The lowest BCUT2D eigenvalue weighted by Gasteiger charge is -2.25. The summed E-state index contributed by atoms with van der Waals surface area (Å²) in [6.45, 7) is 2.79. The molecule has 0 unspecified atom stereocenters. The van der Waals surface area contributed by atoms with Crippen molar-refractivity contribution in [2.75, 3.05) is 6.61 Å². The summed E-state index contributed by atoms with van der Waals surface area (Å²) in [6.07, 6.45) is 7.88. The van der Waals surface area contributed by atoms with Crippen molar-refractivity contribution < 1.29 is 9.53 Å². The zero-order chi connectivity index (χ0) is 24.6. The molecule has 4 heteroatoms. The fraction of sp³-hybridized carbons (Fsp3) is 0.323.